The standard InChI is InChI=1S/C18H27N3O2S/c1-12-9-13(7-8-14(12)20(5)6)19-16(22)15-10-24-11-21(15)17(23)18(2,3)4/h7-9,15H,10-11H2,1-6H3,(H,19,22). The van der Waals surface area contributed by atoms with Crippen molar-refractivity contribution in [2.45, 2.75) is 33.7 Å². The van der Waals surface area contributed by atoms with Gasteiger partial charge in [0.2, 0.25) is 11.8 Å². The zero-order chi connectivity index (χ0) is 18.1. The number of aryl methyl sites for hydroxylation is 1. The highest BCUT2D eigenvalue weighted by molar-refractivity contribution is 7.99. The van der Waals surface area contributed by atoms with Gasteiger partial charge in [0, 0.05) is 36.6 Å². The molecule has 132 valence electrons. The van der Waals surface area contributed by atoms with Gasteiger partial charge in [0.1, 0.15) is 6.04 Å². The van der Waals surface area contributed by atoms with Crippen molar-refractivity contribution in [3.8, 4) is 0 Å². The van der Waals surface area contributed by atoms with E-state index in [2.05, 4.69) is 5.32 Å². The lowest BCUT2D eigenvalue weighted by molar-refractivity contribution is -0.143. The molecule has 1 aromatic carbocycles. The second kappa shape index (κ2) is 7.05. The van der Waals surface area contributed by atoms with E-state index >= 15 is 0 Å². The van der Waals surface area contributed by atoms with Gasteiger partial charge in [-0.1, -0.05) is 20.8 Å². The lowest BCUT2D eigenvalue weighted by Gasteiger charge is -2.29. The number of nitrogens with zero attached hydrogens (tertiary/aromatic N) is 2. The second-order valence-electron chi connectivity index (χ2n) is 7.43. The molecule has 1 heterocycles. The summed E-state index contributed by atoms with van der Waals surface area (Å²) in [7, 11) is 3.98. The lowest BCUT2D eigenvalue weighted by atomic mass is 9.94. The third kappa shape index (κ3) is 4.04. The van der Waals surface area contributed by atoms with Crippen LogP contribution in [0.5, 0.6) is 0 Å². The summed E-state index contributed by atoms with van der Waals surface area (Å²) in [5, 5.41) is 2.96. The molecule has 1 atom stereocenters. The Morgan fingerprint density at radius 2 is 1.96 bits per heavy atom. The summed E-state index contributed by atoms with van der Waals surface area (Å²) >= 11 is 1.62. The highest BCUT2D eigenvalue weighted by atomic mass is 32.2. The summed E-state index contributed by atoms with van der Waals surface area (Å²) in [5.74, 6) is 1.12. The predicted octanol–water partition coefficient (Wildman–Crippen LogP) is 2.95. The van der Waals surface area contributed by atoms with Crippen molar-refractivity contribution < 1.29 is 9.59 Å². The largest absolute Gasteiger partial charge is 0.377 e. The molecule has 1 N–H and O–H groups in total. The Hall–Kier alpha value is -1.69. The molecular weight excluding hydrogens is 322 g/mol. The van der Waals surface area contributed by atoms with Crippen LogP contribution in [0.3, 0.4) is 0 Å². The van der Waals surface area contributed by atoms with E-state index in [4.69, 9.17) is 0 Å². The molecule has 1 aromatic rings. The first-order valence-corrected chi connectivity index (χ1v) is 9.24. The minimum atomic E-state index is -0.479. The maximum absolute atomic E-state index is 12.7. The normalized spacial score (nSPS) is 17.8. The summed E-state index contributed by atoms with van der Waals surface area (Å²) in [6.07, 6.45) is 0. The molecule has 0 aromatic heterocycles. The van der Waals surface area contributed by atoms with E-state index in [0.29, 0.717) is 11.6 Å². The van der Waals surface area contributed by atoms with E-state index in [1.165, 1.54) is 0 Å². The van der Waals surface area contributed by atoms with Crippen LogP contribution in [0.4, 0.5) is 11.4 Å². The average Bonchev–Trinajstić information content (AvgIpc) is 2.94. The number of carbonyl (C=O) groups excluding carboxylic acids is 2. The number of nitrogens with one attached hydrogen (secondary N) is 1. The number of rotatable bonds is 3. The number of thioether (sulfide) groups is 1. The molecular formula is C18H27N3O2S. The molecule has 0 bridgehead atoms. The summed E-state index contributed by atoms with van der Waals surface area (Å²) in [6.45, 7) is 7.68. The van der Waals surface area contributed by atoms with Crippen LogP contribution in [-0.2, 0) is 9.59 Å². The smallest absolute Gasteiger partial charge is 0.248 e. The van der Waals surface area contributed by atoms with Crippen LogP contribution in [0, 0.1) is 12.3 Å². The molecule has 24 heavy (non-hydrogen) atoms. The third-order valence-corrected chi connectivity index (χ3v) is 5.05. The van der Waals surface area contributed by atoms with Crippen molar-refractivity contribution in [1.29, 1.82) is 0 Å². The first-order valence-electron chi connectivity index (χ1n) is 8.09. The Balaban J connectivity index is 2.12. The zero-order valence-corrected chi connectivity index (χ0v) is 16.2. The Morgan fingerprint density at radius 1 is 1.29 bits per heavy atom. The number of amides is 2. The molecule has 0 radical (unpaired) electrons. The van der Waals surface area contributed by atoms with Crippen molar-refractivity contribution >= 4 is 35.0 Å². The zero-order valence-electron chi connectivity index (χ0n) is 15.3. The molecule has 1 fully saturated rings. The van der Waals surface area contributed by atoms with Crippen molar-refractivity contribution in [1.82, 2.24) is 4.90 Å². The van der Waals surface area contributed by atoms with Gasteiger partial charge >= 0.3 is 0 Å². The lowest BCUT2D eigenvalue weighted by Crippen LogP contribution is -2.48. The first kappa shape index (κ1) is 18.6. The van der Waals surface area contributed by atoms with E-state index in [-0.39, 0.29) is 11.8 Å². The van der Waals surface area contributed by atoms with Crippen LogP contribution < -0.4 is 10.2 Å². The molecule has 1 aliphatic heterocycles. The molecule has 1 aliphatic rings. The molecule has 2 amide bonds. The Bertz CT molecular complexity index is 638. The first-order chi connectivity index (χ1) is 11.1. The van der Waals surface area contributed by atoms with Crippen LogP contribution in [0.1, 0.15) is 26.3 Å². The van der Waals surface area contributed by atoms with Gasteiger partial charge in [0.05, 0.1) is 5.88 Å². The van der Waals surface area contributed by atoms with Crippen LogP contribution in [0.25, 0.3) is 0 Å². The molecule has 0 spiro atoms. The summed E-state index contributed by atoms with van der Waals surface area (Å²) < 4.78 is 0. The topological polar surface area (TPSA) is 52.7 Å². The molecule has 0 aliphatic carbocycles. The van der Waals surface area contributed by atoms with E-state index in [9.17, 15) is 9.59 Å². The third-order valence-electron chi connectivity index (χ3n) is 4.03. The maximum atomic E-state index is 12.7. The van der Waals surface area contributed by atoms with Crippen molar-refractivity contribution in [3.05, 3.63) is 23.8 Å². The quantitative estimate of drug-likeness (QED) is 0.911. The van der Waals surface area contributed by atoms with Gasteiger partial charge in [-0.05, 0) is 30.7 Å². The predicted molar refractivity (Wildman–Crippen MR) is 102 cm³/mol. The summed E-state index contributed by atoms with van der Waals surface area (Å²) in [6, 6.07) is 5.45. The Morgan fingerprint density at radius 3 is 2.50 bits per heavy atom. The molecule has 2 rings (SSSR count). The minimum Gasteiger partial charge on any atom is -0.377 e. The molecule has 1 unspecified atom stereocenters. The number of carbonyl (C=O) groups is 2. The van der Waals surface area contributed by atoms with E-state index in [0.717, 1.165) is 16.9 Å². The molecule has 6 heteroatoms. The van der Waals surface area contributed by atoms with Crippen molar-refractivity contribution in [2.75, 3.05) is 35.9 Å². The van der Waals surface area contributed by atoms with Crippen molar-refractivity contribution in [2.24, 2.45) is 5.41 Å². The maximum Gasteiger partial charge on any atom is 0.248 e. The van der Waals surface area contributed by atoms with Gasteiger partial charge in [0.25, 0.3) is 0 Å². The summed E-state index contributed by atoms with van der Waals surface area (Å²) in [4.78, 5) is 28.9. The number of hydrogen-bond donors (Lipinski definition) is 1. The Kier molecular flexibility index (Phi) is 5.48. The molecule has 1 saturated heterocycles. The highest BCUT2D eigenvalue weighted by Crippen LogP contribution is 2.28. The number of hydrogen-bond acceptors (Lipinski definition) is 4. The van der Waals surface area contributed by atoms with Crippen LogP contribution in [-0.4, -0.2) is 48.5 Å². The van der Waals surface area contributed by atoms with E-state index < -0.39 is 11.5 Å². The van der Waals surface area contributed by atoms with Gasteiger partial charge < -0.3 is 15.1 Å². The Labute approximate surface area is 148 Å². The fourth-order valence-corrected chi connectivity index (χ4v) is 3.91. The minimum absolute atomic E-state index is 0.0202. The summed E-state index contributed by atoms with van der Waals surface area (Å²) in [5.41, 5.74) is 2.51. The van der Waals surface area contributed by atoms with E-state index in [1.54, 1.807) is 16.7 Å². The second-order valence-corrected chi connectivity index (χ2v) is 8.43. The van der Waals surface area contributed by atoms with Gasteiger partial charge in [0.15, 0.2) is 0 Å². The van der Waals surface area contributed by atoms with Crippen LogP contribution >= 0.6 is 11.8 Å². The SMILES string of the molecule is Cc1cc(NC(=O)C2CSCN2C(=O)C(C)(C)C)ccc1N(C)C. The number of benzene rings is 1. The van der Waals surface area contributed by atoms with Gasteiger partial charge in [-0.2, -0.15) is 0 Å². The van der Waals surface area contributed by atoms with Gasteiger partial charge in [-0.25, -0.2) is 0 Å². The van der Waals surface area contributed by atoms with E-state index in [1.807, 2.05) is 64.9 Å². The van der Waals surface area contributed by atoms with Gasteiger partial charge in [-0.15, -0.1) is 11.8 Å². The van der Waals surface area contributed by atoms with Crippen LogP contribution in [0.15, 0.2) is 18.2 Å². The van der Waals surface area contributed by atoms with Crippen LogP contribution in [0.2, 0.25) is 0 Å². The monoisotopic (exact) mass is 349 g/mol. The highest BCUT2D eigenvalue weighted by Gasteiger charge is 2.39. The average molecular weight is 350 g/mol. The van der Waals surface area contributed by atoms with Gasteiger partial charge in [-0.3, -0.25) is 9.59 Å². The molecule has 5 nitrogen and oxygen atoms in total. The fourth-order valence-electron chi connectivity index (χ4n) is 2.75. The van der Waals surface area contributed by atoms with Crippen molar-refractivity contribution in [3.63, 3.8) is 0 Å². The number of anilines is 2. The fraction of sp³-hybridized carbons (Fsp3) is 0.556. The molecule has 0 saturated carbocycles.